The van der Waals surface area contributed by atoms with Gasteiger partial charge in [-0.25, -0.2) is 0 Å². The molecule has 1 amide bonds. The van der Waals surface area contributed by atoms with Gasteiger partial charge in [0, 0.05) is 34.4 Å². The number of Topliss-reactive ketones (excluding diaryl/α,β-unsaturated/α-hetero) is 1. The smallest absolute Gasteiger partial charge is 0.300 e. The van der Waals surface area contributed by atoms with Crippen LogP contribution in [0.4, 0.5) is 5.69 Å². The Hall–Kier alpha value is -4.52. The Morgan fingerprint density at radius 2 is 1.86 bits per heavy atom. The topological polar surface area (TPSA) is 91.9 Å². The van der Waals surface area contributed by atoms with Crippen molar-refractivity contribution in [2.75, 3.05) is 18.6 Å². The molecule has 3 aromatic carbocycles. The maximum Gasteiger partial charge on any atom is 0.300 e. The molecular weight excluding hydrogens is 456 g/mol. The summed E-state index contributed by atoms with van der Waals surface area (Å²) in [6.45, 7) is 4.21. The number of carbonyl (C=O) groups is 2. The van der Waals surface area contributed by atoms with Gasteiger partial charge in [0.25, 0.3) is 11.7 Å². The summed E-state index contributed by atoms with van der Waals surface area (Å²) < 4.78 is 11.1. The number of fused-ring (bicyclic) bond motifs is 1. The van der Waals surface area contributed by atoms with Gasteiger partial charge in [0.15, 0.2) is 0 Å². The monoisotopic (exact) mass is 482 g/mol. The molecule has 1 aromatic heterocycles. The van der Waals surface area contributed by atoms with Gasteiger partial charge in [0.2, 0.25) is 0 Å². The standard InChI is InChI=1S/C29H26N2O5/c1-4-36-19-9-7-8-18(15-19)31-26(22-16-30-23-11-6-5-10-20(22)23)25(28(33)29(31)34)27(32)21-14-17(2)12-13-24(21)35-3/h5-16,26,30,32H,4H2,1-3H3/b27-25+. The number of amides is 1. The average molecular weight is 483 g/mol. The highest BCUT2D eigenvalue weighted by atomic mass is 16.5. The second-order valence-electron chi connectivity index (χ2n) is 8.59. The van der Waals surface area contributed by atoms with Gasteiger partial charge in [-0.3, -0.25) is 14.5 Å². The van der Waals surface area contributed by atoms with Crippen LogP contribution in [0.15, 0.2) is 78.5 Å². The van der Waals surface area contributed by atoms with Crippen molar-refractivity contribution in [3.63, 3.8) is 0 Å². The Kier molecular flexibility index (Phi) is 5.98. The Bertz CT molecular complexity index is 1520. The lowest BCUT2D eigenvalue weighted by molar-refractivity contribution is -0.132. The predicted octanol–water partition coefficient (Wildman–Crippen LogP) is 5.51. The molecule has 0 spiro atoms. The number of hydrogen-bond donors (Lipinski definition) is 2. The van der Waals surface area contributed by atoms with E-state index in [1.807, 2.05) is 44.2 Å². The molecule has 2 heterocycles. The van der Waals surface area contributed by atoms with Gasteiger partial charge in [-0.1, -0.05) is 35.9 Å². The van der Waals surface area contributed by atoms with E-state index >= 15 is 0 Å². The maximum absolute atomic E-state index is 13.5. The second-order valence-corrected chi connectivity index (χ2v) is 8.59. The van der Waals surface area contributed by atoms with E-state index in [0.29, 0.717) is 34.9 Å². The minimum Gasteiger partial charge on any atom is -0.507 e. The number of aliphatic hydroxyl groups is 1. The molecular formula is C29H26N2O5. The third-order valence-corrected chi connectivity index (χ3v) is 6.38. The number of aromatic amines is 1. The lowest BCUT2D eigenvalue weighted by Gasteiger charge is -2.25. The molecule has 0 saturated carbocycles. The SMILES string of the molecule is CCOc1cccc(N2C(=O)C(=O)/C(=C(/O)c3cc(C)ccc3OC)C2c2c[nH]c3ccccc23)c1. The van der Waals surface area contributed by atoms with Gasteiger partial charge in [-0.2, -0.15) is 0 Å². The zero-order chi connectivity index (χ0) is 25.4. The molecule has 1 aliphatic rings. The summed E-state index contributed by atoms with van der Waals surface area (Å²) in [6.07, 6.45) is 1.78. The zero-order valence-corrected chi connectivity index (χ0v) is 20.2. The van der Waals surface area contributed by atoms with Crippen LogP contribution in [0, 0.1) is 6.92 Å². The van der Waals surface area contributed by atoms with Crippen LogP contribution >= 0.6 is 0 Å². The third kappa shape index (κ3) is 3.79. The molecule has 2 N–H and O–H groups in total. The molecule has 0 bridgehead atoms. The Morgan fingerprint density at radius 3 is 2.64 bits per heavy atom. The van der Waals surface area contributed by atoms with Crippen molar-refractivity contribution in [3.05, 3.63) is 95.2 Å². The fourth-order valence-corrected chi connectivity index (χ4v) is 4.76. The number of nitrogens with zero attached hydrogens (tertiary/aromatic N) is 1. The lowest BCUT2D eigenvalue weighted by Crippen LogP contribution is -2.29. The first-order valence-corrected chi connectivity index (χ1v) is 11.7. The number of nitrogens with one attached hydrogen (secondary N) is 1. The minimum atomic E-state index is -0.872. The van der Waals surface area contributed by atoms with E-state index in [1.165, 1.54) is 12.0 Å². The van der Waals surface area contributed by atoms with Crippen molar-refractivity contribution < 1.29 is 24.2 Å². The van der Waals surface area contributed by atoms with Crippen molar-refractivity contribution in [2.24, 2.45) is 0 Å². The molecule has 1 atom stereocenters. The molecule has 1 saturated heterocycles. The number of anilines is 1. The fourth-order valence-electron chi connectivity index (χ4n) is 4.76. The summed E-state index contributed by atoms with van der Waals surface area (Å²) in [4.78, 5) is 31.7. The molecule has 1 fully saturated rings. The van der Waals surface area contributed by atoms with E-state index in [1.54, 1.807) is 42.6 Å². The predicted molar refractivity (Wildman–Crippen MR) is 138 cm³/mol. The van der Waals surface area contributed by atoms with E-state index in [-0.39, 0.29) is 11.3 Å². The third-order valence-electron chi connectivity index (χ3n) is 6.38. The lowest BCUT2D eigenvalue weighted by atomic mass is 9.94. The summed E-state index contributed by atoms with van der Waals surface area (Å²) in [7, 11) is 1.50. The van der Waals surface area contributed by atoms with Crippen LogP contribution in [0.1, 0.15) is 29.7 Å². The summed E-state index contributed by atoms with van der Waals surface area (Å²) >= 11 is 0. The number of benzene rings is 3. The van der Waals surface area contributed by atoms with Crippen LogP contribution in [0.2, 0.25) is 0 Å². The van der Waals surface area contributed by atoms with Gasteiger partial charge in [-0.15, -0.1) is 0 Å². The summed E-state index contributed by atoms with van der Waals surface area (Å²) in [5.74, 6) is -0.803. The minimum absolute atomic E-state index is 0.00420. The Balaban J connectivity index is 1.79. The summed E-state index contributed by atoms with van der Waals surface area (Å²) in [5.41, 5.74) is 3.26. The van der Waals surface area contributed by atoms with Crippen molar-refractivity contribution in [1.82, 2.24) is 4.98 Å². The Labute approximate surface area is 208 Å². The molecule has 5 rings (SSSR count). The summed E-state index contributed by atoms with van der Waals surface area (Å²) in [5, 5.41) is 12.4. The number of carbonyl (C=O) groups excluding carboxylic acids is 2. The highest BCUT2D eigenvalue weighted by Crippen LogP contribution is 2.45. The number of methoxy groups -OCH3 is 1. The molecule has 182 valence electrons. The number of ether oxygens (including phenoxy) is 2. The number of para-hydroxylation sites is 1. The second kappa shape index (κ2) is 9.26. The number of H-pyrrole nitrogens is 1. The Morgan fingerprint density at radius 1 is 1.06 bits per heavy atom. The molecule has 4 aromatic rings. The highest BCUT2D eigenvalue weighted by Gasteiger charge is 2.48. The molecule has 1 unspecified atom stereocenters. The molecule has 0 aliphatic carbocycles. The first-order chi connectivity index (χ1) is 17.4. The van der Waals surface area contributed by atoms with Gasteiger partial charge in [-0.05, 0) is 44.2 Å². The number of aliphatic hydroxyl groups excluding tert-OH is 1. The molecule has 1 aliphatic heterocycles. The molecule has 0 radical (unpaired) electrons. The number of aryl methyl sites for hydroxylation is 1. The van der Waals surface area contributed by atoms with Crippen molar-refractivity contribution in [2.45, 2.75) is 19.9 Å². The van der Waals surface area contributed by atoms with Crippen LogP contribution in [-0.2, 0) is 9.59 Å². The van der Waals surface area contributed by atoms with Crippen molar-refractivity contribution in [1.29, 1.82) is 0 Å². The maximum atomic E-state index is 13.5. The van der Waals surface area contributed by atoms with E-state index in [9.17, 15) is 14.7 Å². The zero-order valence-electron chi connectivity index (χ0n) is 20.2. The molecule has 7 nitrogen and oxygen atoms in total. The van der Waals surface area contributed by atoms with E-state index in [2.05, 4.69) is 4.98 Å². The number of ketones is 1. The number of rotatable bonds is 6. The quantitative estimate of drug-likeness (QED) is 0.215. The van der Waals surface area contributed by atoms with E-state index in [0.717, 1.165) is 16.5 Å². The van der Waals surface area contributed by atoms with Gasteiger partial charge >= 0.3 is 0 Å². The average Bonchev–Trinajstić information content (AvgIpc) is 3.42. The first kappa shape index (κ1) is 23.2. The summed E-state index contributed by atoms with van der Waals surface area (Å²) in [6, 6.07) is 19.1. The van der Waals surface area contributed by atoms with Crippen molar-refractivity contribution >= 4 is 34.0 Å². The van der Waals surface area contributed by atoms with E-state index < -0.39 is 17.7 Å². The number of hydrogen-bond acceptors (Lipinski definition) is 5. The normalized spacial score (nSPS) is 17.1. The van der Waals surface area contributed by atoms with Crippen LogP contribution in [0.3, 0.4) is 0 Å². The van der Waals surface area contributed by atoms with Crippen molar-refractivity contribution in [3.8, 4) is 11.5 Å². The molecule has 36 heavy (non-hydrogen) atoms. The van der Waals surface area contributed by atoms with Crippen LogP contribution in [-0.4, -0.2) is 35.5 Å². The van der Waals surface area contributed by atoms with Gasteiger partial charge in [0.1, 0.15) is 17.3 Å². The van der Waals surface area contributed by atoms with Crippen LogP contribution in [0.5, 0.6) is 11.5 Å². The van der Waals surface area contributed by atoms with Crippen LogP contribution < -0.4 is 14.4 Å². The van der Waals surface area contributed by atoms with E-state index in [4.69, 9.17) is 9.47 Å². The highest BCUT2D eigenvalue weighted by molar-refractivity contribution is 6.52. The van der Waals surface area contributed by atoms with Gasteiger partial charge < -0.3 is 19.6 Å². The number of aromatic nitrogens is 1. The fraction of sp³-hybridized carbons (Fsp3) is 0.172. The first-order valence-electron chi connectivity index (χ1n) is 11.7. The molecule has 7 heteroatoms. The van der Waals surface area contributed by atoms with Gasteiger partial charge in [0.05, 0.1) is 30.9 Å². The largest absolute Gasteiger partial charge is 0.507 e. The van der Waals surface area contributed by atoms with Crippen LogP contribution in [0.25, 0.3) is 16.7 Å².